The summed E-state index contributed by atoms with van der Waals surface area (Å²) < 4.78 is 5.31. The molecule has 18 heavy (non-hydrogen) atoms. The minimum atomic E-state index is -0.0772. The first kappa shape index (κ1) is 17.4. The number of carbonyl (C=O) groups is 1. The van der Waals surface area contributed by atoms with E-state index in [1.54, 1.807) is 0 Å². The molecule has 0 aromatic rings. The Morgan fingerprint density at radius 1 is 1.33 bits per heavy atom. The smallest absolute Gasteiger partial charge is 0.227 e. The minimum absolute atomic E-state index is 0.0772. The molecule has 0 heterocycles. The van der Waals surface area contributed by atoms with Crippen LogP contribution in [-0.4, -0.2) is 43.7 Å². The van der Waals surface area contributed by atoms with Crippen molar-refractivity contribution in [1.82, 2.24) is 4.90 Å². The van der Waals surface area contributed by atoms with Crippen molar-refractivity contribution in [2.24, 2.45) is 17.1 Å². The van der Waals surface area contributed by atoms with Crippen LogP contribution in [-0.2, 0) is 9.53 Å². The molecule has 4 heteroatoms. The average Bonchev–Trinajstić information content (AvgIpc) is 2.30. The van der Waals surface area contributed by atoms with Crippen LogP contribution in [0.4, 0.5) is 0 Å². The summed E-state index contributed by atoms with van der Waals surface area (Å²) in [6.45, 7) is 13.4. The standard InChI is InChI=1S/C14H30N2O2/c1-6-16(8-9-18-7-2)13(17)12(11-15)10-14(3,4)5/h12H,6-11,15H2,1-5H3. The maximum Gasteiger partial charge on any atom is 0.227 e. The van der Waals surface area contributed by atoms with Crippen molar-refractivity contribution in [3.05, 3.63) is 0 Å². The molecule has 0 aliphatic carbocycles. The molecule has 108 valence electrons. The van der Waals surface area contributed by atoms with E-state index >= 15 is 0 Å². The summed E-state index contributed by atoms with van der Waals surface area (Å²) in [5.41, 5.74) is 5.87. The topological polar surface area (TPSA) is 55.6 Å². The molecule has 4 nitrogen and oxygen atoms in total. The molecule has 0 saturated carbocycles. The second-order valence-corrected chi connectivity index (χ2v) is 5.81. The lowest BCUT2D eigenvalue weighted by Gasteiger charge is -2.29. The predicted octanol–water partition coefficient (Wildman–Crippen LogP) is 1.88. The third-order valence-corrected chi connectivity index (χ3v) is 2.90. The average molecular weight is 258 g/mol. The summed E-state index contributed by atoms with van der Waals surface area (Å²) in [5.74, 6) is 0.0844. The van der Waals surface area contributed by atoms with Crippen LogP contribution in [0.3, 0.4) is 0 Å². The Kier molecular flexibility index (Phi) is 8.20. The fraction of sp³-hybridized carbons (Fsp3) is 0.929. The van der Waals surface area contributed by atoms with Gasteiger partial charge >= 0.3 is 0 Å². The maximum absolute atomic E-state index is 12.4. The molecular weight excluding hydrogens is 228 g/mol. The predicted molar refractivity (Wildman–Crippen MR) is 75.4 cm³/mol. The zero-order valence-corrected chi connectivity index (χ0v) is 12.7. The molecule has 0 bridgehead atoms. The van der Waals surface area contributed by atoms with Crippen molar-refractivity contribution in [3.8, 4) is 0 Å². The van der Waals surface area contributed by atoms with E-state index in [-0.39, 0.29) is 17.2 Å². The van der Waals surface area contributed by atoms with E-state index in [2.05, 4.69) is 20.8 Å². The van der Waals surface area contributed by atoms with Gasteiger partial charge in [-0.2, -0.15) is 0 Å². The summed E-state index contributed by atoms with van der Waals surface area (Å²) in [7, 11) is 0. The van der Waals surface area contributed by atoms with Gasteiger partial charge in [0, 0.05) is 26.2 Å². The molecule has 0 aromatic heterocycles. The zero-order chi connectivity index (χ0) is 14.2. The summed E-state index contributed by atoms with van der Waals surface area (Å²) in [6, 6.07) is 0. The fourth-order valence-electron chi connectivity index (χ4n) is 2.01. The van der Waals surface area contributed by atoms with Crippen LogP contribution >= 0.6 is 0 Å². The first-order valence-corrected chi connectivity index (χ1v) is 6.92. The number of nitrogens with two attached hydrogens (primary N) is 1. The van der Waals surface area contributed by atoms with Crippen LogP contribution in [0, 0.1) is 11.3 Å². The molecule has 0 fully saturated rings. The van der Waals surface area contributed by atoms with Gasteiger partial charge in [-0.15, -0.1) is 0 Å². The van der Waals surface area contributed by atoms with Gasteiger partial charge in [-0.1, -0.05) is 20.8 Å². The Balaban J connectivity index is 4.43. The molecule has 1 atom stereocenters. The van der Waals surface area contributed by atoms with E-state index in [1.807, 2.05) is 18.7 Å². The lowest BCUT2D eigenvalue weighted by atomic mass is 9.84. The lowest BCUT2D eigenvalue weighted by Crippen LogP contribution is -2.42. The van der Waals surface area contributed by atoms with Gasteiger partial charge < -0.3 is 15.4 Å². The van der Waals surface area contributed by atoms with Crippen molar-refractivity contribution in [2.75, 3.05) is 32.8 Å². The molecule has 0 radical (unpaired) electrons. The molecule has 2 N–H and O–H groups in total. The van der Waals surface area contributed by atoms with Crippen molar-refractivity contribution in [2.45, 2.75) is 41.0 Å². The van der Waals surface area contributed by atoms with Gasteiger partial charge in [0.2, 0.25) is 5.91 Å². The highest BCUT2D eigenvalue weighted by Crippen LogP contribution is 2.25. The first-order chi connectivity index (χ1) is 8.35. The summed E-state index contributed by atoms with van der Waals surface area (Å²) >= 11 is 0. The summed E-state index contributed by atoms with van der Waals surface area (Å²) in [5, 5.41) is 0. The highest BCUT2D eigenvalue weighted by molar-refractivity contribution is 5.79. The Bertz CT molecular complexity index is 236. The highest BCUT2D eigenvalue weighted by atomic mass is 16.5. The fourth-order valence-corrected chi connectivity index (χ4v) is 2.01. The number of amides is 1. The number of nitrogens with zero attached hydrogens (tertiary/aromatic N) is 1. The van der Waals surface area contributed by atoms with Crippen molar-refractivity contribution in [3.63, 3.8) is 0 Å². The summed E-state index contributed by atoms with van der Waals surface area (Å²) in [4.78, 5) is 14.2. The van der Waals surface area contributed by atoms with Gasteiger partial charge in [0.25, 0.3) is 0 Å². The second kappa shape index (κ2) is 8.48. The van der Waals surface area contributed by atoms with E-state index in [9.17, 15) is 4.79 Å². The number of carbonyl (C=O) groups excluding carboxylic acids is 1. The number of ether oxygens (including phenoxy) is 1. The molecule has 0 saturated heterocycles. The lowest BCUT2D eigenvalue weighted by molar-refractivity contribution is -0.136. The van der Waals surface area contributed by atoms with Crippen LogP contribution in [0.25, 0.3) is 0 Å². The Hall–Kier alpha value is -0.610. The van der Waals surface area contributed by atoms with E-state index in [0.717, 1.165) is 6.42 Å². The molecule has 0 spiro atoms. The number of hydrogen-bond acceptors (Lipinski definition) is 3. The normalized spacial score (nSPS) is 13.4. The minimum Gasteiger partial charge on any atom is -0.380 e. The monoisotopic (exact) mass is 258 g/mol. The third kappa shape index (κ3) is 6.97. The number of hydrogen-bond donors (Lipinski definition) is 1. The Labute approximate surface area is 112 Å². The van der Waals surface area contributed by atoms with E-state index in [0.29, 0.717) is 32.8 Å². The number of rotatable bonds is 8. The highest BCUT2D eigenvalue weighted by Gasteiger charge is 2.26. The van der Waals surface area contributed by atoms with Gasteiger partial charge in [0.15, 0.2) is 0 Å². The van der Waals surface area contributed by atoms with Crippen LogP contribution in [0.1, 0.15) is 41.0 Å². The molecule has 1 amide bonds. The largest absolute Gasteiger partial charge is 0.380 e. The van der Waals surface area contributed by atoms with Gasteiger partial charge in [-0.25, -0.2) is 0 Å². The maximum atomic E-state index is 12.4. The Morgan fingerprint density at radius 3 is 2.33 bits per heavy atom. The van der Waals surface area contributed by atoms with Gasteiger partial charge in [0.05, 0.1) is 12.5 Å². The SMILES string of the molecule is CCOCCN(CC)C(=O)C(CN)CC(C)(C)C. The van der Waals surface area contributed by atoms with E-state index in [1.165, 1.54) is 0 Å². The van der Waals surface area contributed by atoms with Gasteiger partial charge in [0.1, 0.15) is 0 Å². The van der Waals surface area contributed by atoms with Crippen LogP contribution in [0.2, 0.25) is 0 Å². The summed E-state index contributed by atoms with van der Waals surface area (Å²) in [6.07, 6.45) is 0.827. The van der Waals surface area contributed by atoms with E-state index < -0.39 is 0 Å². The first-order valence-electron chi connectivity index (χ1n) is 6.92. The van der Waals surface area contributed by atoms with Crippen LogP contribution in [0.5, 0.6) is 0 Å². The second-order valence-electron chi connectivity index (χ2n) is 5.81. The van der Waals surface area contributed by atoms with Crippen molar-refractivity contribution < 1.29 is 9.53 Å². The third-order valence-electron chi connectivity index (χ3n) is 2.90. The van der Waals surface area contributed by atoms with Crippen LogP contribution in [0.15, 0.2) is 0 Å². The zero-order valence-electron chi connectivity index (χ0n) is 12.7. The van der Waals surface area contributed by atoms with Gasteiger partial charge in [-0.05, 0) is 25.7 Å². The molecule has 0 aromatic carbocycles. The van der Waals surface area contributed by atoms with E-state index in [4.69, 9.17) is 10.5 Å². The van der Waals surface area contributed by atoms with Crippen molar-refractivity contribution in [1.29, 1.82) is 0 Å². The van der Waals surface area contributed by atoms with Gasteiger partial charge in [-0.3, -0.25) is 4.79 Å². The van der Waals surface area contributed by atoms with Crippen LogP contribution < -0.4 is 5.73 Å². The number of likely N-dealkylation sites (N-methyl/N-ethyl adjacent to an activating group) is 1. The molecular formula is C14H30N2O2. The quantitative estimate of drug-likeness (QED) is 0.676. The Morgan fingerprint density at radius 2 is 1.94 bits per heavy atom. The molecule has 1 unspecified atom stereocenters. The molecule has 0 rings (SSSR count). The molecule has 0 aliphatic heterocycles. The van der Waals surface area contributed by atoms with Crippen molar-refractivity contribution >= 4 is 5.91 Å². The molecule has 0 aliphatic rings.